The Morgan fingerprint density at radius 2 is 1.89 bits per heavy atom. The third kappa shape index (κ3) is 3.83. The zero-order valence-corrected chi connectivity index (χ0v) is 12.4. The van der Waals surface area contributed by atoms with Crippen LogP contribution in [0.5, 0.6) is 0 Å². The number of fused-ring (bicyclic) bond motifs is 1. The molecule has 0 aromatic heterocycles. The molecule has 2 N–H and O–H groups in total. The van der Waals surface area contributed by atoms with Crippen LogP contribution in [0.3, 0.4) is 0 Å². The highest BCUT2D eigenvalue weighted by Gasteiger charge is 2.33. The van der Waals surface area contributed by atoms with Gasteiger partial charge < -0.3 is 10.6 Å². The predicted octanol–water partition coefficient (Wildman–Crippen LogP) is 1.01. The summed E-state index contributed by atoms with van der Waals surface area (Å²) in [4.78, 5) is 14.3. The zero-order valence-electron chi connectivity index (χ0n) is 11.6. The molecule has 4 nitrogen and oxygen atoms in total. The van der Waals surface area contributed by atoms with Gasteiger partial charge in [0, 0.05) is 12.6 Å². The Balaban J connectivity index is 0.00000133. The number of carbonyl (C=O) groups is 1. The Morgan fingerprint density at radius 3 is 2.68 bits per heavy atom. The molecule has 110 valence electrons. The van der Waals surface area contributed by atoms with Crippen LogP contribution >= 0.6 is 12.4 Å². The van der Waals surface area contributed by atoms with E-state index in [2.05, 4.69) is 15.5 Å². The maximum absolute atomic E-state index is 12.0. The number of halogens is 1. The number of carbonyl (C=O) groups excluding carboxylic acids is 1. The standard InChI is InChI=1S/C14H25N3O.ClH/c18-14(16-13-3-1-2-4-13)10-17-6-5-11-7-15-8-12(11)9-17;/h11-13,15H,1-10H2,(H,16,18);1H. The highest BCUT2D eigenvalue weighted by Crippen LogP contribution is 2.26. The summed E-state index contributed by atoms with van der Waals surface area (Å²) in [5.41, 5.74) is 0. The minimum Gasteiger partial charge on any atom is -0.352 e. The van der Waals surface area contributed by atoms with Crippen LogP contribution in [0.4, 0.5) is 0 Å². The summed E-state index contributed by atoms with van der Waals surface area (Å²) < 4.78 is 0. The normalized spacial score (nSPS) is 31.8. The largest absolute Gasteiger partial charge is 0.352 e. The van der Waals surface area contributed by atoms with Gasteiger partial charge in [0.2, 0.25) is 5.91 Å². The summed E-state index contributed by atoms with van der Waals surface area (Å²) >= 11 is 0. The van der Waals surface area contributed by atoms with Gasteiger partial charge in [-0.15, -0.1) is 12.4 Å². The van der Waals surface area contributed by atoms with E-state index in [1.807, 2.05) is 0 Å². The Kier molecular flexibility index (Phi) is 5.48. The van der Waals surface area contributed by atoms with Crippen molar-refractivity contribution in [1.29, 1.82) is 0 Å². The number of piperidine rings is 1. The van der Waals surface area contributed by atoms with Crippen LogP contribution < -0.4 is 10.6 Å². The Bertz CT molecular complexity index is 307. The summed E-state index contributed by atoms with van der Waals surface area (Å²) in [5, 5.41) is 6.66. The average Bonchev–Trinajstić information content (AvgIpc) is 2.98. The van der Waals surface area contributed by atoms with Gasteiger partial charge in [0.25, 0.3) is 0 Å². The lowest BCUT2D eigenvalue weighted by Gasteiger charge is -2.34. The number of nitrogens with one attached hydrogen (secondary N) is 2. The second-order valence-electron chi connectivity index (χ2n) is 6.25. The summed E-state index contributed by atoms with van der Waals surface area (Å²) in [7, 11) is 0. The van der Waals surface area contributed by atoms with Crippen molar-refractivity contribution in [3.8, 4) is 0 Å². The fourth-order valence-electron chi connectivity index (χ4n) is 3.80. The number of nitrogens with zero attached hydrogens (tertiary/aromatic N) is 1. The lowest BCUT2D eigenvalue weighted by molar-refractivity contribution is -0.123. The van der Waals surface area contributed by atoms with Gasteiger partial charge in [-0.25, -0.2) is 0 Å². The van der Waals surface area contributed by atoms with Crippen molar-refractivity contribution >= 4 is 18.3 Å². The second-order valence-corrected chi connectivity index (χ2v) is 6.25. The van der Waals surface area contributed by atoms with Crippen molar-refractivity contribution in [1.82, 2.24) is 15.5 Å². The summed E-state index contributed by atoms with van der Waals surface area (Å²) in [6.07, 6.45) is 6.18. The second kappa shape index (κ2) is 6.91. The molecule has 0 bridgehead atoms. The molecule has 0 radical (unpaired) electrons. The van der Waals surface area contributed by atoms with Gasteiger partial charge in [0.05, 0.1) is 6.54 Å². The van der Waals surface area contributed by atoms with E-state index in [4.69, 9.17) is 0 Å². The molecule has 3 aliphatic rings. The Morgan fingerprint density at radius 1 is 1.16 bits per heavy atom. The van der Waals surface area contributed by atoms with E-state index in [9.17, 15) is 4.79 Å². The van der Waals surface area contributed by atoms with Crippen molar-refractivity contribution in [3.63, 3.8) is 0 Å². The number of likely N-dealkylation sites (tertiary alicyclic amines) is 1. The summed E-state index contributed by atoms with van der Waals surface area (Å²) in [5.74, 6) is 1.88. The first-order valence-electron chi connectivity index (χ1n) is 7.53. The van der Waals surface area contributed by atoms with E-state index in [1.54, 1.807) is 0 Å². The summed E-state index contributed by atoms with van der Waals surface area (Å²) in [6, 6.07) is 0.461. The van der Waals surface area contributed by atoms with Crippen molar-refractivity contribution in [2.24, 2.45) is 11.8 Å². The molecule has 2 heterocycles. The smallest absolute Gasteiger partial charge is 0.234 e. The van der Waals surface area contributed by atoms with Crippen molar-refractivity contribution in [3.05, 3.63) is 0 Å². The SMILES string of the molecule is Cl.O=C(CN1CCC2CNCC2C1)NC1CCCC1. The molecule has 2 aliphatic heterocycles. The number of rotatable bonds is 3. The van der Waals surface area contributed by atoms with Crippen LogP contribution in [0, 0.1) is 11.8 Å². The molecule has 2 unspecified atom stereocenters. The van der Waals surface area contributed by atoms with E-state index in [0.717, 1.165) is 31.5 Å². The maximum Gasteiger partial charge on any atom is 0.234 e. The van der Waals surface area contributed by atoms with Crippen LogP contribution in [-0.2, 0) is 4.79 Å². The molecule has 1 aliphatic carbocycles. The Hall–Kier alpha value is -0.320. The molecule has 3 fully saturated rings. The quantitative estimate of drug-likeness (QED) is 0.814. The van der Waals surface area contributed by atoms with Gasteiger partial charge in [-0.1, -0.05) is 12.8 Å². The summed E-state index contributed by atoms with van der Waals surface area (Å²) in [6.45, 7) is 5.15. The molecule has 0 aromatic carbocycles. The maximum atomic E-state index is 12.0. The molecule has 1 saturated carbocycles. The van der Waals surface area contributed by atoms with Crippen LogP contribution in [0.25, 0.3) is 0 Å². The lowest BCUT2D eigenvalue weighted by atomic mass is 9.89. The number of hydrogen-bond acceptors (Lipinski definition) is 3. The average molecular weight is 288 g/mol. The van der Waals surface area contributed by atoms with Crippen molar-refractivity contribution in [2.45, 2.75) is 38.1 Å². The first kappa shape index (κ1) is 15.1. The van der Waals surface area contributed by atoms with E-state index in [0.29, 0.717) is 12.6 Å². The van der Waals surface area contributed by atoms with E-state index in [-0.39, 0.29) is 18.3 Å². The topological polar surface area (TPSA) is 44.4 Å². The molecule has 19 heavy (non-hydrogen) atoms. The van der Waals surface area contributed by atoms with Gasteiger partial charge in [-0.05, 0) is 50.7 Å². The molecule has 0 aromatic rings. The van der Waals surface area contributed by atoms with Gasteiger partial charge >= 0.3 is 0 Å². The molecule has 0 spiro atoms. The van der Waals surface area contributed by atoms with Crippen LogP contribution in [0.2, 0.25) is 0 Å². The Labute approximate surface area is 122 Å². The third-order valence-corrected chi connectivity index (χ3v) is 4.88. The van der Waals surface area contributed by atoms with Gasteiger partial charge in [0.15, 0.2) is 0 Å². The molecule has 2 saturated heterocycles. The highest BCUT2D eigenvalue weighted by atomic mass is 35.5. The minimum absolute atomic E-state index is 0. The first-order chi connectivity index (χ1) is 8.81. The number of hydrogen-bond donors (Lipinski definition) is 2. The van der Waals surface area contributed by atoms with Crippen LogP contribution in [0.15, 0.2) is 0 Å². The molecule has 5 heteroatoms. The van der Waals surface area contributed by atoms with Gasteiger partial charge in [-0.3, -0.25) is 9.69 Å². The predicted molar refractivity (Wildman–Crippen MR) is 78.6 cm³/mol. The number of amides is 1. The van der Waals surface area contributed by atoms with E-state index >= 15 is 0 Å². The molecular weight excluding hydrogens is 262 g/mol. The molecule has 3 rings (SSSR count). The third-order valence-electron chi connectivity index (χ3n) is 4.88. The van der Waals surface area contributed by atoms with Crippen molar-refractivity contribution < 1.29 is 4.79 Å². The fourth-order valence-corrected chi connectivity index (χ4v) is 3.80. The molecule has 2 atom stereocenters. The van der Waals surface area contributed by atoms with Crippen molar-refractivity contribution in [2.75, 3.05) is 32.7 Å². The van der Waals surface area contributed by atoms with Crippen LogP contribution in [-0.4, -0.2) is 49.6 Å². The van der Waals surface area contributed by atoms with E-state index in [1.165, 1.54) is 38.6 Å². The lowest BCUT2D eigenvalue weighted by Crippen LogP contribution is -2.46. The van der Waals surface area contributed by atoms with Gasteiger partial charge in [0.1, 0.15) is 0 Å². The van der Waals surface area contributed by atoms with Gasteiger partial charge in [-0.2, -0.15) is 0 Å². The fraction of sp³-hybridized carbons (Fsp3) is 0.929. The van der Waals surface area contributed by atoms with E-state index < -0.39 is 0 Å². The highest BCUT2D eigenvalue weighted by molar-refractivity contribution is 5.85. The van der Waals surface area contributed by atoms with Crippen LogP contribution in [0.1, 0.15) is 32.1 Å². The zero-order chi connectivity index (χ0) is 12.4. The minimum atomic E-state index is 0. The monoisotopic (exact) mass is 287 g/mol. The molecular formula is C14H26ClN3O. The first-order valence-corrected chi connectivity index (χ1v) is 7.53. The molecule has 1 amide bonds.